The van der Waals surface area contributed by atoms with Gasteiger partial charge in [0.2, 0.25) is 0 Å². The van der Waals surface area contributed by atoms with Crippen LogP contribution >= 0.6 is 11.3 Å². The van der Waals surface area contributed by atoms with Crippen LogP contribution in [0, 0.1) is 6.92 Å². The molecular formula is C21H26N4OS. The number of piperidine rings is 1. The third-order valence-electron chi connectivity index (χ3n) is 5.49. The number of aromatic nitrogens is 3. The Hall–Kier alpha value is -2.18. The molecule has 1 fully saturated rings. The summed E-state index contributed by atoms with van der Waals surface area (Å²) in [5.74, 6) is 0.876. The molecule has 142 valence electrons. The summed E-state index contributed by atoms with van der Waals surface area (Å²) in [6.45, 7) is 5.25. The second kappa shape index (κ2) is 7.82. The average molecular weight is 383 g/mol. The number of nitrogens with zero attached hydrogens (tertiary/aromatic N) is 4. The second-order valence-electron chi connectivity index (χ2n) is 7.39. The van der Waals surface area contributed by atoms with Gasteiger partial charge in [-0.15, -0.1) is 11.3 Å². The third-order valence-corrected chi connectivity index (χ3v) is 6.50. The van der Waals surface area contributed by atoms with Crippen LogP contribution in [-0.2, 0) is 20.0 Å². The molecule has 27 heavy (non-hydrogen) atoms. The summed E-state index contributed by atoms with van der Waals surface area (Å²) in [6.07, 6.45) is 2.70. The standard InChI is InChI=1S/C21H26N4OS/c1-16-10-13-27-19(16)15-24-11-8-18(9-12-24)25-20(22-23(2)21(25)26)14-17-6-4-3-5-7-17/h3-7,10,13,18H,8-9,11-12,14-15H2,1-2H3. The highest BCUT2D eigenvalue weighted by Gasteiger charge is 2.25. The number of benzene rings is 1. The largest absolute Gasteiger partial charge is 0.345 e. The van der Waals surface area contributed by atoms with Gasteiger partial charge in [-0.1, -0.05) is 30.3 Å². The SMILES string of the molecule is Cc1ccsc1CN1CCC(n2c(Cc3ccccc3)nn(C)c2=O)CC1. The quantitative estimate of drug-likeness (QED) is 0.679. The summed E-state index contributed by atoms with van der Waals surface area (Å²) in [6, 6.07) is 12.7. The van der Waals surface area contributed by atoms with E-state index in [1.54, 1.807) is 7.05 Å². The summed E-state index contributed by atoms with van der Waals surface area (Å²) >= 11 is 1.84. The molecule has 0 saturated carbocycles. The Bertz CT molecular complexity index is 948. The Kier molecular flexibility index (Phi) is 5.27. The Morgan fingerprint density at radius 2 is 1.89 bits per heavy atom. The molecule has 0 unspecified atom stereocenters. The summed E-state index contributed by atoms with van der Waals surface area (Å²) in [4.78, 5) is 16.7. The zero-order valence-electron chi connectivity index (χ0n) is 16.0. The lowest BCUT2D eigenvalue weighted by Gasteiger charge is -2.32. The van der Waals surface area contributed by atoms with Crippen LogP contribution in [-0.4, -0.2) is 32.3 Å². The molecule has 1 saturated heterocycles. The van der Waals surface area contributed by atoms with Crippen LogP contribution in [0.4, 0.5) is 0 Å². The van der Waals surface area contributed by atoms with Gasteiger partial charge >= 0.3 is 5.69 Å². The predicted octanol–water partition coefficient (Wildman–Crippen LogP) is 3.38. The summed E-state index contributed by atoms with van der Waals surface area (Å²) in [5, 5.41) is 6.70. The highest BCUT2D eigenvalue weighted by atomic mass is 32.1. The van der Waals surface area contributed by atoms with Crippen molar-refractivity contribution in [2.45, 2.75) is 38.8 Å². The lowest BCUT2D eigenvalue weighted by atomic mass is 10.0. The van der Waals surface area contributed by atoms with Gasteiger partial charge in [0, 0.05) is 44.0 Å². The number of thiophene rings is 1. The van der Waals surface area contributed by atoms with E-state index in [0.29, 0.717) is 6.42 Å². The molecule has 1 aliphatic heterocycles. The summed E-state index contributed by atoms with van der Waals surface area (Å²) < 4.78 is 3.43. The first kappa shape index (κ1) is 18.2. The molecule has 0 N–H and O–H groups in total. The molecule has 1 aromatic carbocycles. The van der Waals surface area contributed by atoms with Crippen molar-refractivity contribution in [2.24, 2.45) is 7.05 Å². The maximum atomic E-state index is 12.7. The van der Waals surface area contributed by atoms with E-state index < -0.39 is 0 Å². The minimum atomic E-state index is 0.00785. The Labute approximate surface area is 163 Å². The van der Waals surface area contributed by atoms with Crippen LogP contribution < -0.4 is 5.69 Å². The molecule has 0 radical (unpaired) electrons. The van der Waals surface area contributed by atoms with E-state index in [4.69, 9.17) is 0 Å². The average Bonchev–Trinajstić information content (AvgIpc) is 3.20. The van der Waals surface area contributed by atoms with E-state index in [2.05, 4.69) is 40.5 Å². The van der Waals surface area contributed by atoms with E-state index in [9.17, 15) is 4.79 Å². The normalized spacial score (nSPS) is 16.1. The van der Waals surface area contributed by atoms with Gasteiger partial charge < -0.3 is 0 Å². The maximum absolute atomic E-state index is 12.7. The maximum Gasteiger partial charge on any atom is 0.345 e. The van der Waals surface area contributed by atoms with Crippen molar-refractivity contribution in [3.8, 4) is 0 Å². The van der Waals surface area contributed by atoms with Crippen molar-refractivity contribution < 1.29 is 0 Å². The highest BCUT2D eigenvalue weighted by Crippen LogP contribution is 2.26. The molecule has 0 bridgehead atoms. The fourth-order valence-corrected chi connectivity index (χ4v) is 4.85. The second-order valence-corrected chi connectivity index (χ2v) is 8.39. The molecule has 0 amide bonds. The van der Waals surface area contributed by atoms with Crippen LogP contribution in [0.3, 0.4) is 0 Å². The fraction of sp³-hybridized carbons (Fsp3) is 0.429. The van der Waals surface area contributed by atoms with Crippen LogP contribution in [0.15, 0.2) is 46.6 Å². The Morgan fingerprint density at radius 3 is 2.56 bits per heavy atom. The van der Waals surface area contributed by atoms with E-state index in [1.807, 2.05) is 34.1 Å². The first-order valence-electron chi connectivity index (χ1n) is 9.55. The molecular weight excluding hydrogens is 356 g/mol. The van der Waals surface area contributed by atoms with Gasteiger partial charge in [-0.3, -0.25) is 9.47 Å². The summed E-state index contributed by atoms with van der Waals surface area (Å²) in [5.41, 5.74) is 2.58. The van der Waals surface area contributed by atoms with Crippen molar-refractivity contribution in [1.29, 1.82) is 0 Å². The molecule has 0 atom stereocenters. The monoisotopic (exact) mass is 382 g/mol. The minimum Gasteiger partial charge on any atom is -0.298 e. The highest BCUT2D eigenvalue weighted by molar-refractivity contribution is 7.10. The zero-order valence-corrected chi connectivity index (χ0v) is 16.8. The molecule has 6 heteroatoms. The first-order valence-corrected chi connectivity index (χ1v) is 10.4. The van der Waals surface area contributed by atoms with Crippen molar-refractivity contribution in [3.63, 3.8) is 0 Å². The van der Waals surface area contributed by atoms with Crippen LogP contribution in [0.2, 0.25) is 0 Å². The topological polar surface area (TPSA) is 43.1 Å². The molecule has 2 aromatic heterocycles. The van der Waals surface area contributed by atoms with E-state index >= 15 is 0 Å². The van der Waals surface area contributed by atoms with Crippen molar-refractivity contribution in [2.75, 3.05) is 13.1 Å². The van der Waals surface area contributed by atoms with Gasteiger partial charge in [-0.25, -0.2) is 9.48 Å². The van der Waals surface area contributed by atoms with Crippen molar-refractivity contribution in [1.82, 2.24) is 19.2 Å². The van der Waals surface area contributed by atoms with E-state index in [0.717, 1.165) is 38.3 Å². The van der Waals surface area contributed by atoms with Crippen molar-refractivity contribution in [3.05, 3.63) is 74.1 Å². The predicted molar refractivity (Wildman–Crippen MR) is 109 cm³/mol. The lowest BCUT2D eigenvalue weighted by molar-refractivity contribution is 0.177. The van der Waals surface area contributed by atoms with Crippen LogP contribution in [0.5, 0.6) is 0 Å². The van der Waals surface area contributed by atoms with Gasteiger partial charge in [0.1, 0.15) is 5.82 Å². The van der Waals surface area contributed by atoms with Crippen LogP contribution in [0.25, 0.3) is 0 Å². The molecule has 5 nitrogen and oxygen atoms in total. The molecule has 3 heterocycles. The summed E-state index contributed by atoms with van der Waals surface area (Å²) in [7, 11) is 1.75. The van der Waals surface area contributed by atoms with Crippen LogP contribution in [0.1, 0.15) is 40.7 Å². The number of aryl methyl sites for hydroxylation is 2. The molecule has 4 rings (SSSR count). The van der Waals surface area contributed by atoms with Gasteiger partial charge in [-0.05, 0) is 42.3 Å². The number of likely N-dealkylation sites (tertiary alicyclic amines) is 1. The van der Waals surface area contributed by atoms with Gasteiger partial charge in [-0.2, -0.15) is 5.10 Å². The fourth-order valence-electron chi connectivity index (χ4n) is 3.90. The Morgan fingerprint density at radius 1 is 1.15 bits per heavy atom. The number of rotatable bonds is 5. The molecule has 1 aliphatic rings. The molecule has 3 aromatic rings. The number of hydrogen-bond donors (Lipinski definition) is 0. The lowest BCUT2D eigenvalue weighted by Crippen LogP contribution is -2.37. The van der Waals surface area contributed by atoms with E-state index in [1.165, 1.54) is 20.7 Å². The minimum absolute atomic E-state index is 0.00785. The smallest absolute Gasteiger partial charge is 0.298 e. The van der Waals surface area contributed by atoms with E-state index in [-0.39, 0.29) is 11.7 Å². The van der Waals surface area contributed by atoms with Gasteiger partial charge in [0.05, 0.1) is 0 Å². The van der Waals surface area contributed by atoms with Gasteiger partial charge in [0.15, 0.2) is 0 Å². The first-order chi connectivity index (χ1) is 13.1. The Balaban J connectivity index is 1.48. The number of hydrogen-bond acceptors (Lipinski definition) is 4. The molecule has 0 aliphatic carbocycles. The van der Waals surface area contributed by atoms with Crippen molar-refractivity contribution >= 4 is 11.3 Å². The molecule has 0 spiro atoms. The zero-order chi connectivity index (χ0) is 18.8. The third kappa shape index (κ3) is 3.92. The van der Waals surface area contributed by atoms with Gasteiger partial charge in [0.25, 0.3) is 0 Å².